The number of oxazole rings is 1. The van der Waals surface area contributed by atoms with Crippen LogP contribution in [0.15, 0.2) is 34.9 Å². The summed E-state index contributed by atoms with van der Waals surface area (Å²) in [5, 5.41) is 2.65. The standard InChI is InChI=1S/C17H16F3N3O4/c1-10-15(24)21-5-6-23(10)16(25)13-8-27-14(22-13)9-26-12-4-2-3-11(7-12)17(18,19)20/h2-4,7-8,10H,5-6,9H2,1H3,(H,21,24)/t10-/m1/s1. The Kier molecular flexibility index (Phi) is 5.06. The minimum atomic E-state index is -4.47. The molecule has 1 aromatic carbocycles. The van der Waals surface area contributed by atoms with E-state index in [0.29, 0.717) is 13.1 Å². The third kappa shape index (κ3) is 4.21. The van der Waals surface area contributed by atoms with Gasteiger partial charge in [0.05, 0.1) is 5.56 Å². The molecule has 1 fully saturated rings. The molecule has 1 aromatic heterocycles. The maximum Gasteiger partial charge on any atom is 0.416 e. The van der Waals surface area contributed by atoms with Crippen molar-refractivity contribution in [3.8, 4) is 5.75 Å². The molecule has 0 bridgehead atoms. The molecule has 7 nitrogen and oxygen atoms in total. The SMILES string of the molecule is C[C@@H]1C(=O)NCCN1C(=O)c1coc(COc2cccc(C(F)(F)F)c2)n1. The number of rotatable bonds is 4. The lowest BCUT2D eigenvalue weighted by Crippen LogP contribution is -2.55. The zero-order valence-electron chi connectivity index (χ0n) is 14.2. The monoisotopic (exact) mass is 383 g/mol. The summed E-state index contributed by atoms with van der Waals surface area (Å²) in [6, 6.07) is 3.77. The van der Waals surface area contributed by atoms with Crippen molar-refractivity contribution >= 4 is 11.8 Å². The predicted octanol–water partition coefficient (Wildman–Crippen LogP) is 2.23. The third-order valence-electron chi connectivity index (χ3n) is 4.05. The number of piperazine rings is 1. The average molecular weight is 383 g/mol. The molecule has 3 rings (SSSR count). The molecule has 2 amide bonds. The van der Waals surface area contributed by atoms with E-state index in [2.05, 4.69) is 10.3 Å². The van der Waals surface area contributed by atoms with E-state index >= 15 is 0 Å². The van der Waals surface area contributed by atoms with Gasteiger partial charge in [0.15, 0.2) is 12.3 Å². The third-order valence-corrected chi connectivity index (χ3v) is 4.05. The molecule has 0 aliphatic carbocycles. The van der Waals surface area contributed by atoms with Crippen LogP contribution in [-0.4, -0.2) is 40.8 Å². The van der Waals surface area contributed by atoms with Crippen molar-refractivity contribution in [1.82, 2.24) is 15.2 Å². The summed E-state index contributed by atoms with van der Waals surface area (Å²) in [6.07, 6.45) is -3.34. The number of aromatic nitrogens is 1. The summed E-state index contributed by atoms with van der Waals surface area (Å²) in [7, 11) is 0. The van der Waals surface area contributed by atoms with E-state index in [1.165, 1.54) is 17.0 Å². The van der Waals surface area contributed by atoms with Crippen molar-refractivity contribution in [2.45, 2.75) is 25.7 Å². The van der Waals surface area contributed by atoms with Gasteiger partial charge in [-0.1, -0.05) is 6.07 Å². The summed E-state index contributed by atoms with van der Waals surface area (Å²) >= 11 is 0. The van der Waals surface area contributed by atoms with Crippen LogP contribution in [0.25, 0.3) is 0 Å². The number of alkyl halides is 3. The Morgan fingerprint density at radius 1 is 1.44 bits per heavy atom. The van der Waals surface area contributed by atoms with Crippen LogP contribution >= 0.6 is 0 Å². The molecule has 0 spiro atoms. The maximum atomic E-state index is 12.7. The number of benzene rings is 1. The second kappa shape index (κ2) is 7.29. The van der Waals surface area contributed by atoms with Crippen molar-refractivity contribution in [3.63, 3.8) is 0 Å². The van der Waals surface area contributed by atoms with E-state index in [1.807, 2.05) is 0 Å². The molecule has 1 N–H and O–H groups in total. The van der Waals surface area contributed by atoms with Gasteiger partial charge in [0.1, 0.15) is 18.1 Å². The zero-order valence-corrected chi connectivity index (χ0v) is 14.2. The highest BCUT2D eigenvalue weighted by atomic mass is 19.4. The lowest BCUT2D eigenvalue weighted by atomic mass is 10.2. The number of hydrogen-bond acceptors (Lipinski definition) is 5. The topological polar surface area (TPSA) is 84.7 Å². The van der Waals surface area contributed by atoms with Crippen LogP contribution in [0.2, 0.25) is 0 Å². The van der Waals surface area contributed by atoms with Gasteiger partial charge in [0, 0.05) is 13.1 Å². The zero-order chi connectivity index (χ0) is 19.6. The quantitative estimate of drug-likeness (QED) is 0.875. The number of nitrogens with one attached hydrogen (secondary N) is 1. The van der Waals surface area contributed by atoms with E-state index in [9.17, 15) is 22.8 Å². The van der Waals surface area contributed by atoms with E-state index in [1.54, 1.807) is 6.92 Å². The second-order valence-corrected chi connectivity index (χ2v) is 5.91. The van der Waals surface area contributed by atoms with Gasteiger partial charge < -0.3 is 19.4 Å². The van der Waals surface area contributed by atoms with Crippen molar-refractivity contribution < 1.29 is 31.9 Å². The fourth-order valence-electron chi connectivity index (χ4n) is 2.59. The van der Waals surface area contributed by atoms with Crippen LogP contribution in [0.1, 0.15) is 28.9 Å². The van der Waals surface area contributed by atoms with Crippen LogP contribution in [0.4, 0.5) is 13.2 Å². The molecule has 0 radical (unpaired) electrons. The fraction of sp³-hybridized carbons (Fsp3) is 0.353. The van der Waals surface area contributed by atoms with Gasteiger partial charge in [-0.3, -0.25) is 9.59 Å². The van der Waals surface area contributed by atoms with Gasteiger partial charge >= 0.3 is 6.18 Å². The van der Waals surface area contributed by atoms with Gasteiger partial charge in [0.25, 0.3) is 5.91 Å². The lowest BCUT2D eigenvalue weighted by molar-refractivity contribution is -0.137. The second-order valence-electron chi connectivity index (χ2n) is 5.91. The highest BCUT2D eigenvalue weighted by Crippen LogP contribution is 2.31. The Labute approximate surface area is 152 Å². The van der Waals surface area contributed by atoms with Gasteiger partial charge in [-0.05, 0) is 25.1 Å². The number of halogens is 3. The van der Waals surface area contributed by atoms with Gasteiger partial charge in [-0.2, -0.15) is 13.2 Å². The molecule has 0 unspecified atom stereocenters. The number of amides is 2. The molecule has 27 heavy (non-hydrogen) atoms. The van der Waals surface area contributed by atoms with Crippen LogP contribution in [0, 0.1) is 0 Å². The fourth-order valence-corrected chi connectivity index (χ4v) is 2.59. The summed E-state index contributed by atoms with van der Waals surface area (Å²) < 4.78 is 48.5. The van der Waals surface area contributed by atoms with Crippen molar-refractivity contribution in [3.05, 3.63) is 47.7 Å². The number of nitrogens with zero attached hydrogens (tertiary/aromatic N) is 2. The molecule has 144 valence electrons. The van der Waals surface area contributed by atoms with Crippen molar-refractivity contribution in [2.24, 2.45) is 0 Å². The molecular weight excluding hydrogens is 367 g/mol. The number of ether oxygens (including phenoxy) is 1. The first-order valence-corrected chi connectivity index (χ1v) is 8.09. The van der Waals surface area contributed by atoms with Gasteiger partial charge in [0.2, 0.25) is 11.8 Å². The van der Waals surface area contributed by atoms with E-state index in [0.717, 1.165) is 18.4 Å². The largest absolute Gasteiger partial charge is 0.484 e. The van der Waals surface area contributed by atoms with Crippen molar-refractivity contribution in [1.29, 1.82) is 0 Å². The van der Waals surface area contributed by atoms with Crippen molar-refractivity contribution in [2.75, 3.05) is 13.1 Å². The highest BCUT2D eigenvalue weighted by Gasteiger charge is 2.32. The average Bonchev–Trinajstić information content (AvgIpc) is 3.10. The highest BCUT2D eigenvalue weighted by molar-refractivity contribution is 5.96. The Hall–Kier alpha value is -3.04. The van der Waals surface area contributed by atoms with Crippen LogP contribution in [-0.2, 0) is 17.6 Å². The molecule has 2 heterocycles. The van der Waals surface area contributed by atoms with Gasteiger partial charge in [-0.15, -0.1) is 0 Å². The van der Waals surface area contributed by atoms with Crippen LogP contribution in [0.3, 0.4) is 0 Å². The molecule has 0 saturated carbocycles. The minimum Gasteiger partial charge on any atom is -0.484 e. The van der Waals surface area contributed by atoms with E-state index in [4.69, 9.17) is 9.15 Å². The van der Waals surface area contributed by atoms with Gasteiger partial charge in [-0.25, -0.2) is 4.98 Å². The normalized spacial score (nSPS) is 17.6. The number of hydrogen-bond donors (Lipinski definition) is 1. The summed E-state index contributed by atoms with van der Waals surface area (Å²) in [5.41, 5.74) is -0.833. The summed E-state index contributed by atoms with van der Waals surface area (Å²) in [4.78, 5) is 29.5. The smallest absolute Gasteiger partial charge is 0.416 e. The first-order valence-electron chi connectivity index (χ1n) is 8.09. The molecule has 2 aromatic rings. The molecular formula is C17H16F3N3O4. The Bertz CT molecular complexity index is 850. The number of carbonyl (C=O) groups excluding carboxylic acids is 2. The van der Waals surface area contributed by atoms with E-state index < -0.39 is 23.7 Å². The molecule has 1 saturated heterocycles. The summed E-state index contributed by atoms with van der Waals surface area (Å²) in [5.74, 6) is -0.695. The molecule has 10 heteroatoms. The first kappa shape index (κ1) is 18.7. The molecule has 1 atom stereocenters. The van der Waals surface area contributed by atoms with Crippen LogP contribution in [0.5, 0.6) is 5.75 Å². The lowest BCUT2D eigenvalue weighted by Gasteiger charge is -2.32. The first-order chi connectivity index (χ1) is 12.8. The van der Waals surface area contributed by atoms with E-state index in [-0.39, 0.29) is 29.8 Å². The Balaban J connectivity index is 1.65. The Morgan fingerprint density at radius 2 is 2.22 bits per heavy atom. The molecule has 1 aliphatic rings. The summed E-state index contributed by atoms with van der Waals surface area (Å²) in [6.45, 7) is 2.04. The minimum absolute atomic E-state index is 0.000748. The molecule has 1 aliphatic heterocycles. The maximum absolute atomic E-state index is 12.7. The predicted molar refractivity (Wildman–Crippen MR) is 85.8 cm³/mol. The Morgan fingerprint density at radius 3 is 2.96 bits per heavy atom. The van der Waals surface area contributed by atoms with Crippen LogP contribution < -0.4 is 10.1 Å². The number of carbonyl (C=O) groups is 2.